The second kappa shape index (κ2) is 5.46. The third kappa shape index (κ3) is 3.17. The van der Waals surface area contributed by atoms with E-state index in [2.05, 4.69) is 20.9 Å². The van der Waals surface area contributed by atoms with Crippen LogP contribution in [0, 0.1) is 0 Å². The molecule has 1 aromatic rings. The van der Waals surface area contributed by atoms with Crippen LogP contribution in [-0.2, 0) is 4.74 Å². The summed E-state index contributed by atoms with van der Waals surface area (Å²) in [5.74, 6) is -0.867. The Labute approximate surface area is 107 Å². The zero-order chi connectivity index (χ0) is 12.3. The Balaban J connectivity index is 2.16. The molecule has 2 heterocycles. The van der Waals surface area contributed by atoms with Crippen LogP contribution in [0.15, 0.2) is 16.7 Å². The van der Waals surface area contributed by atoms with Gasteiger partial charge in [0.2, 0.25) is 5.88 Å². The molecule has 0 spiro atoms. The molecular weight excluding hydrogens is 290 g/mol. The highest BCUT2D eigenvalue weighted by Crippen LogP contribution is 2.23. The topological polar surface area (TPSA) is 68.7 Å². The smallest absolute Gasteiger partial charge is 0.341 e. The van der Waals surface area contributed by atoms with Crippen LogP contribution < -0.4 is 4.74 Å². The van der Waals surface area contributed by atoms with Crippen LogP contribution in [0.5, 0.6) is 5.88 Å². The fraction of sp³-hybridized carbons (Fsp3) is 0.455. The van der Waals surface area contributed by atoms with Gasteiger partial charge in [-0.2, -0.15) is 0 Å². The highest BCUT2D eigenvalue weighted by Gasteiger charge is 2.20. The van der Waals surface area contributed by atoms with Gasteiger partial charge in [0.1, 0.15) is 11.7 Å². The van der Waals surface area contributed by atoms with Crippen molar-refractivity contribution in [1.82, 2.24) is 4.98 Å². The first-order valence-electron chi connectivity index (χ1n) is 5.30. The minimum Gasteiger partial charge on any atom is -0.477 e. The average molecular weight is 302 g/mol. The number of carboxylic acid groups (broad SMARTS) is 1. The molecule has 0 amide bonds. The summed E-state index contributed by atoms with van der Waals surface area (Å²) < 4.78 is 11.4. The molecule has 1 fully saturated rings. The maximum atomic E-state index is 11.1. The van der Waals surface area contributed by atoms with Crippen LogP contribution in [0.4, 0.5) is 0 Å². The van der Waals surface area contributed by atoms with Crippen molar-refractivity contribution in [3.8, 4) is 5.88 Å². The van der Waals surface area contributed by atoms with Crippen molar-refractivity contribution in [2.24, 2.45) is 0 Å². The number of aromatic nitrogens is 1. The van der Waals surface area contributed by atoms with E-state index in [0.717, 1.165) is 12.8 Å². The van der Waals surface area contributed by atoms with Crippen molar-refractivity contribution < 1.29 is 19.4 Å². The van der Waals surface area contributed by atoms with Gasteiger partial charge in [0.25, 0.3) is 0 Å². The number of ether oxygens (including phenoxy) is 2. The number of pyridine rings is 1. The van der Waals surface area contributed by atoms with Crippen molar-refractivity contribution in [1.29, 1.82) is 0 Å². The summed E-state index contributed by atoms with van der Waals surface area (Å²) in [6.07, 6.45) is 3.03. The third-order valence-corrected chi connectivity index (χ3v) is 2.93. The molecule has 6 heteroatoms. The van der Waals surface area contributed by atoms with Crippen molar-refractivity contribution >= 4 is 21.9 Å². The van der Waals surface area contributed by atoms with Gasteiger partial charge in [-0.3, -0.25) is 0 Å². The SMILES string of the molecule is O=C(O)c1cc(Br)cnc1OC1CCOCC1. The number of hydrogen-bond donors (Lipinski definition) is 1. The highest BCUT2D eigenvalue weighted by atomic mass is 79.9. The number of hydrogen-bond acceptors (Lipinski definition) is 4. The number of carbonyl (C=O) groups is 1. The van der Waals surface area contributed by atoms with Crippen molar-refractivity contribution in [2.45, 2.75) is 18.9 Å². The van der Waals surface area contributed by atoms with Crippen LogP contribution in [0.1, 0.15) is 23.2 Å². The summed E-state index contributed by atoms with van der Waals surface area (Å²) in [6.45, 7) is 1.28. The zero-order valence-electron chi connectivity index (χ0n) is 9.06. The van der Waals surface area contributed by atoms with Gasteiger partial charge < -0.3 is 14.6 Å². The van der Waals surface area contributed by atoms with Crippen LogP contribution >= 0.6 is 15.9 Å². The van der Waals surface area contributed by atoms with Gasteiger partial charge in [0.05, 0.1) is 13.2 Å². The highest BCUT2D eigenvalue weighted by molar-refractivity contribution is 9.10. The molecular formula is C11H12BrNO4. The lowest BCUT2D eigenvalue weighted by molar-refractivity contribution is 0.0229. The van der Waals surface area contributed by atoms with Crippen LogP contribution in [0.2, 0.25) is 0 Å². The van der Waals surface area contributed by atoms with Gasteiger partial charge in [0, 0.05) is 23.5 Å². The molecule has 1 aliphatic rings. The maximum absolute atomic E-state index is 11.1. The van der Waals surface area contributed by atoms with Crippen molar-refractivity contribution in [2.75, 3.05) is 13.2 Å². The maximum Gasteiger partial charge on any atom is 0.341 e. The molecule has 0 radical (unpaired) electrons. The largest absolute Gasteiger partial charge is 0.477 e. The number of rotatable bonds is 3. The molecule has 0 bridgehead atoms. The Kier molecular flexibility index (Phi) is 3.96. The number of carboxylic acids is 1. The first kappa shape index (κ1) is 12.3. The molecule has 1 N–H and O–H groups in total. The molecule has 0 aliphatic carbocycles. The van der Waals surface area contributed by atoms with Crippen molar-refractivity contribution in [3.05, 3.63) is 22.3 Å². The van der Waals surface area contributed by atoms with Gasteiger partial charge >= 0.3 is 5.97 Å². The van der Waals surface area contributed by atoms with E-state index in [-0.39, 0.29) is 17.5 Å². The number of halogens is 1. The van der Waals surface area contributed by atoms with E-state index in [1.807, 2.05) is 0 Å². The Morgan fingerprint density at radius 3 is 2.88 bits per heavy atom. The van der Waals surface area contributed by atoms with Gasteiger partial charge in [-0.05, 0) is 22.0 Å². The van der Waals surface area contributed by atoms with E-state index in [9.17, 15) is 4.79 Å². The third-order valence-electron chi connectivity index (χ3n) is 2.49. The predicted molar refractivity (Wildman–Crippen MR) is 63.4 cm³/mol. The summed E-state index contributed by atoms with van der Waals surface area (Å²) in [5.41, 5.74) is 0.0749. The molecule has 0 saturated carbocycles. The minimum absolute atomic E-state index is 0.0180. The molecule has 2 rings (SSSR count). The number of aromatic carboxylic acids is 1. The van der Waals surface area contributed by atoms with E-state index in [1.54, 1.807) is 0 Å². The zero-order valence-corrected chi connectivity index (χ0v) is 10.6. The van der Waals surface area contributed by atoms with Gasteiger partial charge in [-0.25, -0.2) is 9.78 Å². The summed E-state index contributed by atoms with van der Waals surface area (Å²) in [5, 5.41) is 9.05. The van der Waals surface area contributed by atoms with Gasteiger partial charge in [0.15, 0.2) is 0 Å². The van der Waals surface area contributed by atoms with Crippen molar-refractivity contribution in [3.63, 3.8) is 0 Å². The van der Waals surface area contributed by atoms with E-state index in [0.29, 0.717) is 17.7 Å². The second-order valence-electron chi connectivity index (χ2n) is 3.74. The van der Waals surface area contributed by atoms with Crippen LogP contribution in [0.3, 0.4) is 0 Å². The average Bonchev–Trinajstić information content (AvgIpc) is 2.32. The standard InChI is InChI=1S/C11H12BrNO4/c12-7-5-9(11(14)15)10(13-6-7)17-8-1-3-16-4-2-8/h5-6,8H,1-4H2,(H,14,15). The van der Waals surface area contributed by atoms with E-state index >= 15 is 0 Å². The molecule has 5 nitrogen and oxygen atoms in total. The summed E-state index contributed by atoms with van der Waals surface area (Å²) in [4.78, 5) is 15.1. The molecule has 0 aromatic carbocycles. The second-order valence-corrected chi connectivity index (χ2v) is 4.66. The van der Waals surface area contributed by atoms with E-state index in [1.165, 1.54) is 12.3 Å². The molecule has 92 valence electrons. The first-order chi connectivity index (χ1) is 8.16. The lowest BCUT2D eigenvalue weighted by atomic mass is 10.1. The first-order valence-corrected chi connectivity index (χ1v) is 6.09. The van der Waals surface area contributed by atoms with Crippen LogP contribution in [-0.4, -0.2) is 35.4 Å². The quantitative estimate of drug-likeness (QED) is 0.926. The summed E-state index contributed by atoms with van der Waals surface area (Å²) in [7, 11) is 0. The predicted octanol–water partition coefficient (Wildman–Crippen LogP) is 2.10. The minimum atomic E-state index is -1.04. The Hall–Kier alpha value is -1.14. The molecule has 1 aromatic heterocycles. The fourth-order valence-electron chi connectivity index (χ4n) is 1.63. The molecule has 0 unspecified atom stereocenters. The molecule has 0 atom stereocenters. The Bertz CT molecular complexity index is 418. The molecule has 1 saturated heterocycles. The molecule has 17 heavy (non-hydrogen) atoms. The molecule has 1 aliphatic heterocycles. The Morgan fingerprint density at radius 1 is 1.53 bits per heavy atom. The fourth-order valence-corrected chi connectivity index (χ4v) is 1.96. The number of nitrogens with zero attached hydrogens (tertiary/aromatic N) is 1. The normalized spacial score (nSPS) is 16.8. The lowest BCUT2D eigenvalue weighted by Crippen LogP contribution is -2.27. The van der Waals surface area contributed by atoms with Gasteiger partial charge in [-0.1, -0.05) is 0 Å². The summed E-state index contributed by atoms with van der Waals surface area (Å²) in [6, 6.07) is 1.49. The van der Waals surface area contributed by atoms with E-state index in [4.69, 9.17) is 14.6 Å². The van der Waals surface area contributed by atoms with E-state index < -0.39 is 5.97 Å². The monoisotopic (exact) mass is 301 g/mol. The Morgan fingerprint density at radius 2 is 2.24 bits per heavy atom. The van der Waals surface area contributed by atoms with Crippen LogP contribution in [0.25, 0.3) is 0 Å². The summed E-state index contributed by atoms with van der Waals surface area (Å²) >= 11 is 3.19. The van der Waals surface area contributed by atoms with Gasteiger partial charge in [-0.15, -0.1) is 0 Å². The lowest BCUT2D eigenvalue weighted by Gasteiger charge is -2.23.